The number of nitrogens with zero attached hydrogens (tertiary/aromatic N) is 9. The molecule has 1 unspecified atom stereocenters. The van der Waals surface area contributed by atoms with Crippen molar-refractivity contribution in [2.24, 2.45) is 0 Å². The molecule has 3 aromatic heterocycles. The van der Waals surface area contributed by atoms with Gasteiger partial charge in [0.15, 0.2) is 12.1 Å². The van der Waals surface area contributed by atoms with Gasteiger partial charge >= 0.3 is 0 Å². The highest BCUT2D eigenvalue weighted by Gasteiger charge is 2.26. The molecule has 0 spiro atoms. The van der Waals surface area contributed by atoms with Gasteiger partial charge in [-0.25, -0.2) is 24.6 Å². The number of fused-ring (bicyclic) bond motifs is 1. The van der Waals surface area contributed by atoms with Crippen molar-refractivity contribution in [2.75, 3.05) is 19.8 Å². The Bertz CT molecular complexity index is 1670. The zero-order valence-electron chi connectivity index (χ0n) is 21.8. The fourth-order valence-corrected chi connectivity index (χ4v) is 4.33. The molecule has 11 nitrogen and oxygen atoms in total. The van der Waals surface area contributed by atoms with Crippen LogP contribution in [0.25, 0.3) is 39.2 Å². The van der Waals surface area contributed by atoms with E-state index in [0.29, 0.717) is 22.6 Å². The Kier molecular flexibility index (Phi) is 6.14. The molecule has 3 N–H and O–H groups in total. The third kappa shape index (κ3) is 4.47. The molecule has 0 saturated heterocycles. The minimum Gasteiger partial charge on any atom is -0.371 e. The summed E-state index contributed by atoms with van der Waals surface area (Å²) in [5, 5.41) is 24.6. The number of imidazole rings is 1. The highest BCUT2D eigenvalue weighted by atomic mass is 16.3. The molecule has 5 aromatic rings. The molecule has 3 heterocycles. The highest BCUT2D eigenvalue weighted by molar-refractivity contribution is 5.87. The molecule has 0 aliphatic carbocycles. The largest absolute Gasteiger partial charge is 0.371 e. The molecule has 192 valence electrons. The molecule has 0 fully saturated rings. The van der Waals surface area contributed by atoms with Gasteiger partial charge in [0.1, 0.15) is 12.2 Å². The van der Waals surface area contributed by atoms with Crippen LogP contribution in [0.1, 0.15) is 38.4 Å². The lowest BCUT2D eigenvalue weighted by Gasteiger charge is -2.25. The SMILES string of the molecule is CN(C)C(O)c1ncn(-c2ccc(C#N)cc2-c2nc3cc(-c4cnc(N)nc4)ccc3n2C(C)(C)C)n1. The first-order chi connectivity index (χ1) is 18.1. The summed E-state index contributed by atoms with van der Waals surface area (Å²) in [5.74, 6) is 1.16. The van der Waals surface area contributed by atoms with E-state index in [0.717, 1.165) is 22.2 Å². The van der Waals surface area contributed by atoms with Crippen molar-refractivity contribution >= 4 is 17.0 Å². The molecular weight excluding hydrogens is 480 g/mol. The number of rotatable bonds is 5. The monoisotopic (exact) mass is 508 g/mol. The Hall–Kier alpha value is -4.66. The van der Waals surface area contributed by atoms with Gasteiger partial charge in [0.25, 0.3) is 0 Å². The average molecular weight is 509 g/mol. The van der Waals surface area contributed by atoms with Crippen LogP contribution < -0.4 is 5.73 Å². The first kappa shape index (κ1) is 25.0. The van der Waals surface area contributed by atoms with Crippen molar-refractivity contribution in [3.05, 3.63) is 66.5 Å². The maximum Gasteiger partial charge on any atom is 0.219 e. The molecule has 0 amide bonds. The first-order valence-corrected chi connectivity index (χ1v) is 12.0. The smallest absolute Gasteiger partial charge is 0.219 e. The maximum absolute atomic E-state index is 10.4. The predicted molar refractivity (Wildman–Crippen MR) is 144 cm³/mol. The second-order valence-electron chi connectivity index (χ2n) is 10.2. The van der Waals surface area contributed by atoms with Crippen LogP contribution in [0.5, 0.6) is 0 Å². The molecule has 11 heteroatoms. The third-order valence-corrected chi connectivity index (χ3v) is 6.17. The van der Waals surface area contributed by atoms with Gasteiger partial charge in [-0.05, 0) is 70.8 Å². The summed E-state index contributed by atoms with van der Waals surface area (Å²) in [6, 6.07) is 13.6. The van der Waals surface area contributed by atoms with Crippen LogP contribution in [0.4, 0.5) is 5.95 Å². The lowest BCUT2D eigenvalue weighted by atomic mass is 10.0. The van der Waals surface area contributed by atoms with E-state index in [9.17, 15) is 10.4 Å². The molecule has 2 aromatic carbocycles. The average Bonchev–Trinajstić information content (AvgIpc) is 3.53. The summed E-state index contributed by atoms with van der Waals surface area (Å²) in [7, 11) is 3.49. The quantitative estimate of drug-likeness (QED) is 0.340. The summed E-state index contributed by atoms with van der Waals surface area (Å²) in [6.45, 7) is 6.32. The van der Waals surface area contributed by atoms with Crippen LogP contribution in [-0.4, -0.2) is 58.4 Å². The molecule has 38 heavy (non-hydrogen) atoms. The Labute approximate surface area is 219 Å². The third-order valence-electron chi connectivity index (χ3n) is 6.17. The number of benzene rings is 2. The van der Waals surface area contributed by atoms with Crippen LogP contribution in [0.15, 0.2) is 55.1 Å². The van der Waals surface area contributed by atoms with Crippen LogP contribution in [0.3, 0.4) is 0 Å². The number of aromatic nitrogens is 7. The van der Waals surface area contributed by atoms with Gasteiger partial charge < -0.3 is 15.4 Å². The zero-order valence-corrected chi connectivity index (χ0v) is 21.8. The summed E-state index contributed by atoms with van der Waals surface area (Å²) < 4.78 is 3.75. The van der Waals surface area contributed by atoms with E-state index in [-0.39, 0.29) is 17.3 Å². The lowest BCUT2D eigenvalue weighted by molar-refractivity contribution is 0.0319. The van der Waals surface area contributed by atoms with Crippen molar-refractivity contribution in [2.45, 2.75) is 32.5 Å². The van der Waals surface area contributed by atoms with E-state index in [1.54, 1.807) is 54.5 Å². The lowest BCUT2D eigenvalue weighted by Crippen LogP contribution is -2.23. The Morgan fingerprint density at radius 1 is 1.03 bits per heavy atom. The molecule has 0 bridgehead atoms. The van der Waals surface area contributed by atoms with Crippen LogP contribution in [-0.2, 0) is 5.54 Å². The number of nitrogen functional groups attached to an aromatic ring is 1. The molecule has 0 saturated carbocycles. The summed E-state index contributed by atoms with van der Waals surface area (Å²) in [6.07, 6.45) is 3.97. The van der Waals surface area contributed by atoms with Gasteiger partial charge in [-0.15, -0.1) is 5.10 Å². The van der Waals surface area contributed by atoms with E-state index in [1.165, 1.54) is 0 Å². The Morgan fingerprint density at radius 3 is 2.42 bits per heavy atom. The van der Waals surface area contributed by atoms with Crippen molar-refractivity contribution in [1.29, 1.82) is 5.26 Å². The van der Waals surface area contributed by atoms with Crippen molar-refractivity contribution in [1.82, 2.24) is 39.2 Å². The number of anilines is 1. The van der Waals surface area contributed by atoms with E-state index in [4.69, 9.17) is 10.7 Å². The number of hydrogen-bond donors (Lipinski definition) is 2. The van der Waals surface area contributed by atoms with Gasteiger partial charge in [0.05, 0.1) is 28.4 Å². The normalized spacial score (nSPS) is 12.7. The Balaban J connectivity index is 1.73. The van der Waals surface area contributed by atoms with Crippen LogP contribution in [0.2, 0.25) is 0 Å². The molecular formula is C27H28N10O. The number of aliphatic hydroxyl groups is 1. The van der Waals surface area contributed by atoms with Crippen LogP contribution >= 0.6 is 0 Å². The Morgan fingerprint density at radius 2 is 1.76 bits per heavy atom. The molecule has 0 aliphatic heterocycles. The van der Waals surface area contributed by atoms with Gasteiger partial charge in [-0.1, -0.05) is 6.07 Å². The zero-order chi connectivity index (χ0) is 27.2. The van der Waals surface area contributed by atoms with Crippen molar-refractivity contribution < 1.29 is 5.11 Å². The van der Waals surface area contributed by atoms with E-state index in [2.05, 4.69) is 51.5 Å². The van der Waals surface area contributed by atoms with Gasteiger partial charge in [-0.2, -0.15) is 5.26 Å². The number of nitrogens with two attached hydrogens (primary N) is 1. The van der Waals surface area contributed by atoms with Gasteiger partial charge in [0, 0.05) is 29.1 Å². The minimum atomic E-state index is -0.951. The minimum absolute atomic E-state index is 0.216. The highest BCUT2D eigenvalue weighted by Crippen LogP contribution is 2.36. The summed E-state index contributed by atoms with van der Waals surface area (Å²) in [4.78, 5) is 19.2. The molecule has 1 atom stereocenters. The summed E-state index contributed by atoms with van der Waals surface area (Å²) in [5.41, 5.74) is 10.7. The first-order valence-electron chi connectivity index (χ1n) is 12.0. The topological polar surface area (TPSA) is 148 Å². The molecule has 5 rings (SSSR count). The standard InChI is InChI=1S/C27H28N10O/c1-27(2,3)37-22-9-7-17(18-13-30-26(29)31-14-18)11-20(22)33-24(37)19-10-16(12-28)6-8-21(19)36-15-32-23(34-36)25(38)35(4)5/h6-11,13-15,25,38H,1-5H3,(H2,29,30,31). The second-order valence-corrected chi connectivity index (χ2v) is 10.2. The fraction of sp³-hybridized carbons (Fsp3) is 0.259. The van der Waals surface area contributed by atoms with Crippen LogP contribution in [0, 0.1) is 11.3 Å². The number of aliphatic hydroxyl groups excluding tert-OH is 1. The van der Waals surface area contributed by atoms with E-state index >= 15 is 0 Å². The fourth-order valence-electron chi connectivity index (χ4n) is 4.33. The number of nitriles is 1. The van der Waals surface area contributed by atoms with E-state index in [1.807, 2.05) is 24.3 Å². The number of hydrogen-bond acceptors (Lipinski definition) is 9. The van der Waals surface area contributed by atoms with Crippen molar-refractivity contribution in [3.8, 4) is 34.3 Å². The molecule has 0 aliphatic rings. The van der Waals surface area contributed by atoms with Gasteiger partial charge in [-0.3, -0.25) is 4.90 Å². The molecule has 0 radical (unpaired) electrons. The summed E-state index contributed by atoms with van der Waals surface area (Å²) >= 11 is 0. The van der Waals surface area contributed by atoms with Gasteiger partial charge in [0.2, 0.25) is 5.95 Å². The van der Waals surface area contributed by atoms with Crippen molar-refractivity contribution in [3.63, 3.8) is 0 Å². The maximum atomic E-state index is 10.4. The van der Waals surface area contributed by atoms with E-state index < -0.39 is 6.23 Å². The second kappa shape index (κ2) is 9.33. The predicted octanol–water partition coefficient (Wildman–Crippen LogP) is 3.50.